The van der Waals surface area contributed by atoms with Gasteiger partial charge in [0.05, 0.1) is 11.1 Å². The van der Waals surface area contributed by atoms with E-state index in [1.54, 1.807) is 26.1 Å². The lowest BCUT2D eigenvalue weighted by atomic mass is 9.86. The second-order valence-electron chi connectivity index (χ2n) is 8.58. The Morgan fingerprint density at radius 3 is 2.73 bits per heavy atom. The highest BCUT2D eigenvalue weighted by molar-refractivity contribution is 7.17. The van der Waals surface area contributed by atoms with E-state index in [1.165, 1.54) is 22.2 Å². The van der Waals surface area contributed by atoms with E-state index in [9.17, 15) is 14.4 Å². The Morgan fingerprint density at radius 2 is 1.97 bits per heavy atom. The van der Waals surface area contributed by atoms with Crippen molar-refractivity contribution in [2.45, 2.75) is 33.1 Å². The zero-order valence-electron chi connectivity index (χ0n) is 18.6. The van der Waals surface area contributed by atoms with E-state index in [0.29, 0.717) is 27.8 Å². The van der Waals surface area contributed by atoms with E-state index in [-0.39, 0.29) is 28.0 Å². The van der Waals surface area contributed by atoms with Gasteiger partial charge in [0.15, 0.2) is 5.78 Å². The van der Waals surface area contributed by atoms with E-state index in [0.717, 1.165) is 29.7 Å². The summed E-state index contributed by atoms with van der Waals surface area (Å²) >= 11 is 1.45. The Hall–Kier alpha value is -3.52. The number of hydrogen-bond acceptors (Lipinski definition) is 6. The number of amides is 1. The number of thiophene rings is 1. The van der Waals surface area contributed by atoms with Crippen LogP contribution in [-0.4, -0.2) is 21.2 Å². The van der Waals surface area contributed by atoms with Crippen molar-refractivity contribution in [3.05, 3.63) is 79.9 Å². The van der Waals surface area contributed by atoms with Crippen LogP contribution in [0, 0.1) is 12.8 Å². The largest absolute Gasteiger partial charge is 0.442 e. The number of hydrogen-bond donors (Lipinski definition) is 1. The van der Waals surface area contributed by atoms with Crippen molar-refractivity contribution < 1.29 is 14.0 Å². The molecule has 3 aromatic heterocycles. The molecule has 0 saturated carbocycles. The highest BCUT2D eigenvalue weighted by Crippen LogP contribution is 2.41. The molecule has 5 rings (SSSR count). The molecule has 1 N–H and O–H groups in total. The molecule has 168 valence electrons. The summed E-state index contributed by atoms with van der Waals surface area (Å²) in [4.78, 5) is 44.9. The fourth-order valence-electron chi connectivity index (χ4n) is 4.44. The van der Waals surface area contributed by atoms with Crippen LogP contribution in [0.4, 0.5) is 5.00 Å². The standard InChI is InChI=1S/C25H23N3O4S/c1-13-9-10-16-17(11-13)33-24(19(16)21(29)15-7-5-4-6-8-15)27-22(30)18-14(2)32-23-20(18)25(31)28(3)12-26-23/h4-8,12-13H,9-11H2,1-3H3,(H,27,30). The summed E-state index contributed by atoms with van der Waals surface area (Å²) in [5.41, 5.74) is 2.07. The molecule has 1 atom stereocenters. The van der Waals surface area contributed by atoms with Crippen molar-refractivity contribution in [2.75, 3.05) is 5.32 Å². The molecule has 33 heavy (non-hydrogen) atoms. The van der Waals surface area contributed by atoms with Gasteiger partial charge in [-0.3, -0.25) is 14.4 Å². The van der Waals surface area contributed by atoms with E-state index >= 15 is 0 Å². The van der Waals surface area contributed by atoms with Crippen molar-refractivity contribution in [3.8, 4) is 0 Å². The highest BCUT2D eigenvalue weighted by Gasteiger charge is 2.30. The number of ketones is 1. The summed E-state index contributed by atoms with van der Waals surface area (Å²) < 4.78 is 6.90. The first kappa shape index (κ1) is 21.3. The molecule has 0 bridgehead atoms. The molecule has 0 aliphatic heterocycles. The third-order valence-corrected chi connectivity index (χ3v) is 7.35. The van der Waals surface area contributed by atoms with Crippen LogP contribution in [-0.2, 0) is 19.9 Å². The van der Waals surface area contributed by atoms with Crippen molar-refractivity contribution in [1.82, 2.24) is 9.55 Å². The van der Waals surface area contributed by atoms with Crippen molar-refractivity contribution in [1.29, 1.82) is 0 Å². The highest BCUT2D eigenvalue weighted by atomic mass is 32.1. The third-order valence-electron chi connectivity index (χ3n) is 6.18. The van der Waals surface area contributed by atoms with Crippen LogP contribution in [0.2, 0.25) is 0 Å². The van der Waals surface area contributed by atoms with Gasteiger partial charge < -0.3 is 14.3 Å². The van der Waals surface area contributed by atoms with Crippen LogP contribution in [0.5, 0.6) is 0 Å². The normalized spacial score (nSPS) is 15.4. The smallest absolute Gasteiger partial charge is 0.265 e. The van der Waals surface area contributed by atoms with Crippen LogP contribution in [0.3, 0.4) is 0 Å². The van der Waals surface area contributed by atoms with Crippen molar-refractivity contribution >= 4 is 39.1 Å². The first-order chi connectivity index (χ1) is 15.8. The molecule has 0 spiro atoms. The first-order valence-corrected chi connectivity index (χ1v) is 11.7. The van der Waals surface area contributed by atoms with E-state index in [4.69, 9.17) is 4.42 Å². The zero-order valence-corrected chi connectivity index (χ0v) is 19.4. The summed E-state index contributed by atoms with van der Waals surface area (Å²) in [6, 6.07) is 9.09. The first-order valence-electron chi connectivity index (χ1n) is 10.9. The maximum Gasteiger partial charge on any atom is 0.265 e. The lowest BCUT2D eigenvalue weighted by Crippen LogP contribution is -2.21. The number of carbonyl (C=O) groups excluding carboxylic acids is 2. The number of nitrogens with zero attached hydrogens (tertiary/aromatic N) is 2. The number of nitrogens with one attached hydrogen (secondary N) is 1. The molecule has 1 aliphatic carbocycles. The fourth-order valence-corrected chi connectivity index (χ4v) is 5.84. The van der Waals surface area contributed by atoms with Crippen molar-refractivity contribution in [3.63, 3.8) is 0 Å². The summed E-state index contributed by atoms with van der Waals surface area (Å²) in [6.07, 6.45) is 4.04. The minimum Gasteiger partial charge on any atom is -0.442 e. The van der Waals surface area contributed by atoms with Gasteiger partial charge in [0.25, 0.3) is 11.5 Å². The predicted octanol–water partition coefficient (Wildman–Crippen LogP) is 4.50. The maximum absolute atomic E-state index is 13.5. The Labute approximate surface area is 194 Å². The van der Waals surface area contributed by atoms with Crippen molar-refractivity contribution in [2.24, 2.45) is 13.0 Å². The minimum absolute atomic E-state index is 0.107. The molecular formula is C25H23N3O4S. The van der Waals surface area contributed by atoms with Crippen LogP contribution < -0.4 is 10.9 Å². The van der Waals surface area contributed by atoms with Crippen LogP contribution >= 0.6 is 11.3 Å². The molecule has 1 unspecified atom stereocenters. The topological polar surface area (TPSA) is 94.2 Å². The van der Waals surface area contributed by atoms with Crippen LogP contribution in [0.15, 0.2) is 45.9 Å². The molecule has 3 heterocycles. The number of benzene rings is 1. The van der Waals surface area contributed by atoms with E-state index in [1.807, 2.05) is 18.2 Å². The van der Waals surface area contributed by atoms with Crippen LogP contribution in [0.1, 0.15) is 55.8 Å². The molecule has 8 heteroatoms. The molecule has 7 nitrogen and oxygen atoms in total. The second kappa shape index (κ2) is 8.12. The fraction of sp³-hybridized carbons (Fsp3) is 0.280. The van der Waals surface area contributed by atoms with Gasteiger partial charge in [-0.05, 0) is 37.7 Å². The van der Waals surface area contributed by atoms with Gasteiger partial charge in [0.1, 0.15) is 22.5 Å². The van der Waals surface area contributed by atoms with Gasteiger partial charge in [-0.2, -0.15) is 0 Å². The average Bonchev–Trinajstić information content (AvgIpc) is 3.32. The maximum atomic E-state index is 13.5. The zero-order chi connectivity index (χ0) is 23.3. The number of rotatable bonds is 4. The lowest BCUT2D eigenvalue weighted by Gasteiger charge is -2.18. The molecule has 1 aromatic carbocycles. The summed E-state index contributed by atoms with van der Waals surface area (Å²) in [5, 5.41) is 3.59. The SMILES string of the molecule is Cc1oc2ncn(C)c(=O)c2c1C(=O)Nc1sc2c(c1C(=O)c1ccccc1)CCC(C)C2. The molecule has 0 saturated heterocycles. The second-order valence-corrected chi connectivity index (χ2v) is 9.68. The van der Waals surface area contributed by atoms with Gasteiger partial charge in [0, 0.05) is 17.5 Å². The lowest BCUT2D eigenvalue weighted by molar-refractivity contribution is 0.102. The number of aromatic nitrogens is 2. The van der Waals surface area contributed by atoms with Gasteiger partial charge in [-0.1, -0.05) is 37.3 Å². The Bertz CT molecular complexity index is 1460. The van der Waals surface area contributed by atoms with Gasteiger partial charge in [0.2, 0.25) is 5.71 Å². The third kappa shape index (κ3) is 3.60. The summed E-state index contributed by atoms with van der Waals surface area (Å²) in [5.74, 6) is 0.243. The number of aryl methyl sites for hydroxylation is 2. The average molecular weight is 462 g/mol. The van der Waals surface area contributed by atoms with Crippen LogP contribution in [0.25, 0.3) is 11.1 Å². The molecule has 1 aliphatic rings. The predicted molar refractivity (Wildman–Crippen MR) is 127 cm³/mol. The van der Waals surface area contributed by atoms with E-state index < -0.39 is 5.91 Å². The number of fused-ring (bicyclic) bond motifs is 2. The summed E-state index contributed by atoms with van der Waals surface area (Å²) in [7, 11) is 1.57. The minimum atomic E-state index is -0.481. The molecule has 4 aromatic rings. The number of anilines is 1. The molecule has 0 fully saturated rings. The van der Waals surface area contributed by atoms with Gasteiger partial charge in [-0.25, -0.2) is 4.98 Å². The Balaban J connectivity index is 1.61. The number of carbonyl (C=O) groups is 2. The van der Waals surface area contributed by atoms with E-state index in [2.05, 4.69) is 17.2 Å². The quantitative estimate of drug-likeness (QED) is 0.452. The Kier molecular flexibility index (Phi) is 5.25. The molecular weight excluding hydrogens is 438 g/mol. The Morgan fingerprint density at radius 1 is 1.21 bits per heavy atom. The number of furan rings is 1. The van der Waals surface area contributed by atoms with Gasteiger partial charge >= 0.3 is 0 Å². The summed E-state index contributed by atoms with van der Waals surface area (Å²) in [6.45, 7) is 3.83. The molecule has 0 radical (unpaired) electrons. The van der Waals surface area contributed by atoms with Gasteiger partial charge in [-0.15, -0.1) is 11.3 Å². The molecule has 1 amide bonds. The monoisotopic (exact) mass is 461 g/mol.